The largest absolute Gasteiger partial charge is 2.00 e. The first kappa shape index (κ1) is 26.3. The quantitative estimate of drug-likeness (QED) is 0.201. The molecule has 0 heterocycles. The standard InChI is InChI=1S/C17H34ClNOP2.Ru/c1-12(2)21(13(3)4)10-9-19-16(11-20)17(18)22(14(5)6)15(7)8;/h12-15,17,19H,9-10H2,1-8H3;/q;+2. The van der Waals surface area contributed by atoms with E-state index in [4.69, 9.17) is 11.6 Å². The zero-order valence-corrected chi connectivity index (χ0v) is 20.1. The van der Waals surface area contributed by atoms with Crippen molar-refractivity contribution >= 4 is 33.4 Å². The van der Waals surface area contributed by atoms with Gasteiger partial charge in [0.1, 0.15) is 16.8 Å². The van der Waals surface area contributed by atoms with E-state index in [0.29, 0.717) is 17.0 Å². The van der Waals surface area contributed by atoms with Crippen LogP contribution in [0.15, 0.2) is 5.70 Å². The Morgan fingerprint density at radius 2 is 1.39 bits per heavy atom. The number of allylic oxidation sites excluding steroid dienone is 1. The third kappa shape index (κ3) is 9.33. The zero-order valence-electron chi connectivity index (χ0n) is 15.8. The Labute approximate surface area is 164 Å². The summed E-state index contributed by atoms with van der Waals surface area (Å²) in [6.07, 6.45) is 1.13. The molecule has 0 rings (SSSR count). The third-order valence-corrected chi connectivity index (χ3v) is 11.3. The van der Waals surface area contributed by atoms with Crippen molar-refractivity contribution in [1.29, 1.82) is 0 Å². The van der Waals surface area contributed by atoms with E-state index in [1.807, 2.05) is 0 Å². The smallest absolute Gasteiger partial charge is 0.378 e. The van der Waals surface area contributed by atoms with E-state index < -0.39 is 7.92 Å². The Balaban J connectivity index is 0. The van der Waals surface area contributed by atoms with Gasteiger partial charge in [0.05, 0.1) is 0 Å². The molecule has 0 amide bonds. The van der Waals surface area contributed by atoms with Crippen molar-refractivity contribution in [3.63, 3.8) is 0 Å². The number of nitrogens with one attached hydrogen (secondary N) is 1. The van der Waals surface area contributed by atoms with Gasteiger partial charge < -0.3 is 5.32 Å². The van der Waals surface area contributed by atoms with Crippen LogP contribution in [0.2, 0.25) is 0 Å². The van der Waals surface area contributed by atoms with E-state index in [-0.39, 0.29) is 32.5 Å². The predicted octanol–water partition coefficient (Wildman–Crippen LogP) is 5.45. The van der Waals surface area contributed by atoms with Gasteiger partial charge in [-0.15, -0.1) is 11.6 Å². The van der Waals surface area contributed by atoms with Crippen molar-refractivity contribution in [3.8, 4) is 0 Å². The van der Waals surface area contributed by atoms with Crippen molar-refractivity contribution in [1.82, 2.24) is 5.32 Å². The van der Waals surface area contributed by atoms with Gasteiger partial charge in [0, 0.05) is 6.54 Å². The number of hydrogen-bond donors (Lipinski definition) is 1. The molecule has 0 bridgehead atoms. The fourth-order valence-electron chi connectivity index (χ4n) is 2.87. The van der Waals surface area contributed by atoms with E-state index in [0.717, 1.165) is 24.0 Å². The summed E-state index contributed by atoms with van der Waals surface area (Å²) in [5.41, 5.74) is 3.02. The third-order valence-electron chi connectivity index (χ3n) is 3.81. The Morgan fingerprint density at radius 1 is 0.957 bits per heavy atom. The van der Waals surface area contributed by atoms with Crippen molar-refractivity contribution in [3.05, 3.63) is 5.70 Å². The van der Waals surface area contributed by atoms with Crippen molar-refractivity contribution in [2.45, 2.75) is 83.1 Å². The van der Waals surface area contributed by atoms with Crippen molar-refractivity contribution in [2.24, 2.45) is 0 Å². The number of rotatable bonds is 10. The second-order valence-electron chi connectivity index (χ2n) is 6.84. The molecule has 0 aromatic heterocycles. The molecule has 6 heteroatoms. The first-order chi connectivity index (χ1) is 10.1. The van der Waals surface area contributed by atoms with Gasteiger partial charge in [-0.3, -0.25) is 0 Å². The van der Waals surface area contributed by atoms with Gasteiger partial charge in [0.15, 0.2) is 0 Å². The molecule has 0 aromatic carbocycles. The van der Waals surface area contributed by atoms with Crippen LogP contribution in [0.4, 0.5) is 0 Å². The second-order valence-corrected chi connectivity index (χ2v) is 14.6. The van der Waals surface area contributed by atoms with E-state index in [1.54, 1.807) is 0 Å². The van der Waals surface area contributed by atoms with Crippen LogP contribution >= 0.6 is 27.4 Å². The predicted molar refractivity (Wildman–Crippen MR) is 106 cm³/mol. The van der Waals surface area contributed by atoms with Crippen LogP contribution < -0.4 is 5.32 Å². The van der Waals surface area contributed by atoms with Gasteiger partial charge in [-0.25, -0.2) is 4.79 Å². The van der Waals surface area contributed by atoms with Crippen LogP contribution in [-0.2, 0) is 24.3 Å². The van der Waals surface area contributed by atoms with Crippen LogP contribution in [0.3, 0.4) is 0 Å². The van der Waals surface area contributed by atoms with Crippen LogP contribution in [-0.4, -0.2) is 46.4 Å². The monoisotopic (exact) mass is 467 g/mol. The molecule has 1 unspecified atom stereocenters. The summed E-state index contributed by atoms with van der Waals surface area (Å²) in [7, 11) is -0.450. The molecule has 0 aliphatic heterocycles. The molecule has 1 N–H and O–H groups in total. The van der Waals surface area contributed by atoms with Crippen molar-refractivity contribution in [2.75, 3.05) is 12.7 Å². The summed E-state index contributed by atoms with van der Waals surface area (Å²) in [5, 5.41) is 3.08. The fourth-order valence-corrected chi connectivity index (χ4v) is 9.62. The minimum Gasteiger partial charge on any atom is -0.378 e. The van der Waals surface area contributed by atoms with Gasteiger partial charge in [0.2, 0.25) is 0 Å². The van der Waals surface area contributed by atoms with Gasteiger partial charge >= 0.3 is 19.5 Å². The minimum atomic E-state index is -0.433. The average Bonchev–Trinajstić information content (AvgIpc) is 2.36. The van der Waals surface area contributed by atoms with E-state index in [9.17, 15) is 4.79 Å². The minimum absolute atomic E-state index is 0. The van der Waals surface area contributed by atoms with Crippen LogP contribution in [0.1, 0.15) is 55.4 Å². The Kier molecular flexibility index (Phi) is 15.1. The molecule has 0 radical (unpaired) electrons. The van der Waals surface area contributed by atoms with Crippen LogP contribution in [0.5, 0.6) is 0 Å². The zero-order chi connectivity index (χ0) is 17.4. The summed E-state index contributed by atoms with van der Waals surface area (Å²) in [5.74, 6) is 2.07. The first-order valence-corrected chi connectivity index (χ1v) is 11.9. The molecular formula is C17H34ClNOP2Ru+2. The maximum Gasteiger partial charge on any atom is 2.00 e. The van der Waals surface area contributed by atoms with Crippen LogP contribution in [0.25, 0.3) is 0 Å². The Hall–Kier alpha value is 1.02. The fraction of sp³-hybridized carbons (Fsp3) is 0.882. The van der Waals surface area contributed by atoms with Gasteiger partial charge in [-0.05, 0) is 28.8 Å². The molecule has 0 aliphatic rings. The maximum atomic E-state index is 11.3. The Morgan fingerprint density at radius 3 is 1.70 bits per heavy atom. The van der Waals surface area contributed by atoms with E-state index >= 15 is 0 Å². The normalized spacial score (nSPS) is 13.0. The number of carbonyl (C=O) groups excluding carboxylic acids is 1. The molecule has 2 nitrogen and oxygen atoms in total. The summed E-state index contributed by atoms with van der Waals surface area (Å²) in [6.45, 7) is 18.8. The molecule has 136 valence electrons. The number of halogens is 1. The summed E-state index contributed by atoms with van der Waals surface area (Å²) in [6, 6.07) is 0. The number of alkyl halides is 1. The summed E-state index contributed by atoms with van der Waals surface area (Å²) >= 11 is 6.62. The molecule has 0 saturated carbocycles. The SMILES string of the molecule is CC(C)P(CCNC(=C=O)C(Cl)P(C(C)C)C(C)C)C(C)C.[Ru+2]. The second kappa shape index (κ2) is 13.3. The molecule has 0 aliphatic carbocycles. The Bertz CT molecular complexity index is 356. The average molecular weight is 467 g/mol. The molecule has 0 fully saturated rings. The van der Waals surface area contributed by atoms with E-state index in [2.05, 4.69) is 66.6 Å². The van der Waals surface area contributed by atoms with Crippen molar-refractivity contribution < 1.29 is 24.3 Å². The summed E-state index contributed by atoms with van der Waals surface area (Å²) in [4.78, 5) is 11.3. The molecule has 1 atom stereocenters. The maximum absolute atomic E-state index is 11.3. The van der Waals surface area contributed by atoms with Gasteiger partial charge in [-0.1, -0.05) is 71.2 Å². The molecule has 0 saturated heterocycles. The molecule has 0 aromatic rings. The topological polar surface area (TPSA) is 29.1 Å². The van der Waals surface area contributed by atoms with Gasteiger partial charge in [0.25, 0.3) is 0 Å². The first-order valence-electron chi connectivity index (χ1n) is 8.29. The van der Waals surface area contributed by atoms with E-state index in [1.165, 1.54) is 0 Å². The number of hydrogen-bond acceptors (Lipinski definition) is 2. The molecular weight excluding hydrogens is 433 g/mol. The van der Waals surface area contributed by atoms with Crippen LogP contribution in [0, 0.1) is 0 Å². The molecule has 23 heavy (non-hydrogen) atoms. The van der Waals surface area contributed by atoms with Gasteiger partial charge in [-0.2, -0.15) is 0 Å². The molecule has 0 spiro atoms. The summed E-state index contributed by atoms with van der Waals surface area (Å²) < 4.78 is 0.